The van der Waals surface area contributed by atoms with Gasteiger partial charge in [-0.2, -0.15) is 0 Å². The molecule has 7 heteroatoms. The van der Waals surface area contributed by atoms with E-state index in [1.807, 2.05) is 0 Å². The number of rotatable bonds is 6. The van der Waals surface area contributed by atoms with Crippen LogP contribution in [0.2, 0.25) is 0 Å². The minimum atomic E-state index is 0.259. The van der Waals surface area contributed by atoms with Crippen molar-refractivity contribution in [1.29, 1.82) is 0 Å². The zero-order valence-corrected chi connectivity index (χ0v) is 14.8. The summed E-state index contributed by atoms with van der Waals surface area (Å²) in [7, 11) is 0. The molecule has 112 valence electrons. The third-order valence-corrected chi connectivity index (χ3v) is 7.09. The third-order valence-electron chi connectivity index (χ3n) is 3.91. The minimum Gasteiger partial charge on any atom is -0.329 e. The molecule has 2 aliphatic carbocycles. The number of hydrogen-bond donors (Lipinski definition) is 1. The number of aromatic nitrogens is 3. The molecule has 0 saturated heterocycles. The first kappa shape index (κ1) is 14.2. The molecular formula is C14H17BrN4S2. The Morgan fingerprint density at radius 3 is 2.76 bits per heavy atom. The van der Waals surface area contributed by atoms with Crippen molar-refractivity contribution in [3.8, 4) is 0 Å². The van der Waals surface area contributed by atoms with Crippen molar-refractivity contribution in [2.24, 2.45) is 5.73 Å². The molecule has 0 aliphatic heterocycles. The standard InChI is InChI=1S/C14H17BrN4S2/c15-9-5-11(20-7-9)12(6-16)21-14-18-17-13(8-1-2-8)19(14)10-3-4-10/h5,7-8,10,12H,1-4,6,16H2. The fourth-order valence-corrected chi connectivity index (χ4v) is 5.24. The van der Waals surface area contributed by atoms with Crippen LogP contribution in [0.5, 0.6) is 0 Å². The molecular weight excluding hydrogens is 368 g/mol. The Morgan fingerprint density at radius 2 is 2.19 bits per heavy atom. The van der Waals surface area contributed by atoms with Gasteiger partial charge in [0.15, 0.2) is 5.16 Å². The summed E-state index contributed by atoms with van der Waals surface area (Å²) in [5, 5.41) is 12.4. The van der Waals surface area contributed by atoms with Crippen molar-refractivity contribution in [2.45, 2.75) is 48.0 Å². The van der Waals surface area contributed by atoms with Crippen LogP contribution < -0.4 is 5.73 Å². The predicted octanol–water partition coefficient (Wildman–Crippen LogP) is 4.11. The molecule has 0 aromatic carbocycles. The Bertz CT molecular complexity index is 645. The van der Waals surface area contributed by atoms with Crippen LogP contribution in [0.3, 0.4) is 0 Å². The van der Waals surface area contributed by atoms with Gasteiger partial charge in [0, 0.05) is 33.2 Å². The average molecular weight is 385 g/mol. The van der Waals surface area contributed by atoms with Gasteiger partial charge in [-0.1, -0.05) is 11.8 Å². The van der Waals surface area contributed by atoms with E-state index in [9.17, 15) is 0 Å². The highest BCUT2D eigenvalue weighted by molar-refractivity contribution is 9.10. The van der Waals surface area contributed by atoms with Crippen molar-refractivity contribution < 1.29 is 0 Å². The highest BCUT2D eigenvalue weighted by Crippen LogP contribution is 2.48. The third kappa shape index (κ3) is 2.93. The molecule has 2 fully saturated rings. The molecule has 2 heterocycles. The zero-order chi connectivity index (χ0) is 14.4. The Hall–Kier alpha value is -0.370. The van der Waals surface area contributed by atoms with Gasteiger partial charge < -0.3 is 10.3 Å². The average Bonchev–Trinajstić information content (AvgIpc) is 3.41. The summed E-state index contributed by atoms with van der Waals surface area (Å²) in [6.07, 6.45) is 5.08. The summed E-state index contributed by atoms with van der Waals surface area (Å²) in [5.41, 5.74) is 6.00. The van der Waals surface area contributed by atoms with Crippen LogP contribution in [0.1, 0.15) is 53.6 Å². The van der Waals surface area contributed by atoms with Crippen molar-refractivity contribution in [3.63, 3.8) is 0 Å². The van der Waals surface area contributed by atoms with Crippen molar-refractivity contribution in [2.75, 3.05) is 6.54 Å². The molecule has 0 radical (unpaired) electrons. The fraction of sp³-hybridized carbons (Fsp3) is 0.571. The van der Waals surface area contributed by atoms with E-state index in [0.717, 1.165) is 9.63 Å². The molecule has 1 atom stereocenters. The molecule has 4 nitrogen and oxygen atoms in total. The van der Waals surface area contributed by atoms with Crippen LogP contribution in [0.25, 0.3) is 0 Å². The predicted molar refractivity (Wildman–Crippen MR) is 89.9 cm³/mol. The number of nitrogens with zero attached hydrogens (tertiary/aromatic N) is 3. The normalized spacial score (nSPS) is 19.9. The second-order valence-corrected chi connectivity index (χ2v) is 8.75. The number of thioether (sulfide) groups is 1. The van der Waals surface area contributed by atoms with E-state index < -0.39 is 0 Å². The zero-order valence-electron chi connectivity index (χ0n) is 11.5. The second-order valence-electron chi connectivity index (χ2n) is 5.73. The topological polar surface area (TPSA) is 56.7 Å². The minimum absolute atomic E-state index is 0.259. The Kier molecular flexibility index (Phi) is 3.85. The number of nitrogens with two attached hydrogens (primary N) is 1. The van der Waals surface area contributed by atoms with Gasteiger partial charge in [-0.05, 0) is 47.7 Å². The van der Waals surface area contributed by atoms with Crippen molar-refractivity contribution >= 4 is 39.0 Å². The van der Waals surface area contributed by atoms with Gasteiger partial charge in [0.1, 0.15) is 5.82 Å². The highest BCUT2D eigenvalue weighted by Gasteiger charge is 2.36. The monoisotopic (exact) mass is 384 g/mol. The fourth-order valence-electron chi connectivity index (χ4n) is 2.51. The lowest BCUT2D eigenvalue weighted by molar-refractivity contribution is 0.625. The molecule has 2 aliphatic rings. The number of hydrogen-bond acceptors (Lipinski definition) is 5. The molecule has 2 aromatic rings. The smallest absolute Gasteiger partial charge is 0.192 e. The molecule has 1 unspecified atom stereocenters. The Balaban J connectivity index is 1.60. The Morgan fingerprint density at radius 1 is 1.38 bits per heavy atom. The molecule has 2 saturated carbocycles. The van der Waals surface area contributed by atoms with Crippen LogP contribution in [0.15, 0.2) is 21.1 Å². The SMILES string of the molecule is NCC(Sc1nnc(C2CC2)n1C1CC1)c1cc(Br)cs1. The van der Waals surface area contributed by atoms with Crippen LogP contribution in [-0.4, -0.2) is 21.3 Å². The van der Waals surface area contributed by atoms with E-state index in [2.05, 4.69) is 42.1 Å². The summed E-state index contributed by atoms with van der Waals surface area (Å²) in [4.78, 5) is 1.30. The van der Waals surface area contributed by atoms with E-state index in [1.165, 1.54) is 36.4 Å². The van der Waals surface area contributed by atoms with Gasteiger partial charge in [-0.15, -0.1) is 21.5 Å². The maximum absolute atomic E-state index is 6.00. The molecule has 0 amide bonds. The van der Waals surface area contributed by atoms with Crippen LogP contribution >= 0.6 is 39.0 Å². The van der Waals surface area contributed by atoms with E-state index in [1.54, 1.807) is 23.1 Å². The molecule has 21 heavy (non-hydrogen) atoms. The number of thiophene rings is 1. The summed E-state index contributed by atoms with van der Waals surface area (Å²) in [6.45, 7) is 0.619. The first-order valence-electron chi connectivity index (χ1n) is 7.31. The summed E-state index contributed by atoms with van der Waals surface area (Å²) < 4.78 is 3.53. The van der Waals surface area contributed by atoms with Crippen molar-refractivity contribution in [1.82, 2.24) is 14.8 Å². The first-order chi connectivity index (χ1) is 10.3. The number of halogens is 1. The van der Waals surface area contributed by atoms with Crippen LogP contribution in [0.4, 0.5) is 0 Å². The highest BCUT2D eigenvalue weighted by atomic mass is 79.9. The molecule has 2 aromatic heterocycles. The molecule has 0 spiro atoms. The lowest BCUT2D eigenvalue weighted by Crippen LogP contribution is -2.10. The molecule has 2 N–H and O–H groups in total. The Labute approximate surface area is 140 Å². The van der Waals surface area contributed by atoms with Crippen LogP contribution in [0, 0.1) is 0 Å². The molecule has 0 bridgehead atoms. The van der Waals surface area contributed by atoms with E-state index >= 15 is 0 Å². The maximum atomic E-state index is 6.00. The van der Waals surface area contributed by atoms with Crippen molar-refractivity contribution in [3.05, 3.63) is 26.6 Å². The lowest BCUT2D eigenvalue weighted by Gasteiger charge is -2.13. The summed E-state index contributed by atoms with van der Waals surface area (Å²) in [5.74, 6) is 1.86. The molecule has 4 rings (SSSR count). The second kappa shape index (κ2) is 5.68. The lowest BCUT2D eigenvalue weighted by atomic mass is 10.3. The van der Waals surface area contributed by atoms with Gasteiger partial charge in [0.2, 0.25) is 0 Å². The summed E-state index contributed by atoms with van der Waals surface area (Å²) in [6, 6.07) is 2.79. The van der Waals surface area contributed by atoms with Gasteiger partial charge in [-0.25, -0.2) is 0 Å². The largest absolute Gasteiger partial charge is 0.329 e. The quantitative estimate of drug-likeness (QED) is 0.761. The maximum Gasteiger partial charge on any atom is 0.192 e. The van der Waals surface area contributed by atoms with Crippen LogP contribution in [-0.2, 0) is 0 Å². The van der Waals surface area contributed by atoms with E-state index in [4.69, 9.17) is 5.73 Å². The van der Waals surface area contributed by atoms with E-state index in [-0.39, 0.29) is 5.25 Å². The first-order valence-corrected chi connectivity index (χ1v) is 9.87. The van der Waals surface area contributed by atoms with E-state index in [0.29, 0.717) is 18.5 Å². The summed E-state index contributed by atoms with van der Waals surface area (Å²) >= 11 is 7.04. The van der Waals surface area contributed by atoms with Gasteiger partial charge >= 0.3 is 0 Å². The van der Waals surface area contributed by atoms with Gasteiger partial charge in [0.05, 0.1) is 5.25 Å². The van der Waals surface area contributed by atoms with Gasteiger partial charge in [-0.3, -0.25) is 0 Å². The van der Waals surface area contributed by atoms with Gasteiger partial charge in [0.25, 0.3) is 0 Å².